The fourth-order valence-corrected chi connectivity index (χ4v) is 3.63. The van der Waals surface area contributed by atoms with Crippen molar-refractivity contribution in [3.8, 4) is 0 Å². The van der Waals surface area contributed by atoms with Gasteiger partial charge in [-0.3, -0.25) is 19.9 Å². The smallest absolute Gasteiger partial charge is 0.410 e. The number of carboxylic acid groups (broad SMARTS) is 1. The number of nitrogens with two attached hydrogens (primary N) is 1. The molecule has 0 radical (unpaired) electrons. The molecule has 1 aliphatic heterocycles. The van der Waals surface area contributed by atoms with Gasteiger partial charge in [-0.15, -0.1) is 0 Å². The van der Waals surface area contributed by atoms with Crippen LogP contribution in [0.25, 0.3) is 0 Å². The number of cyclic esters (lactones) is 1. The van der Waals surface area contributed by atoms with Crippen LogP contribution in [0, 0.1) is 5.41 Å². The molecule has 5 N–H and O–H groups in total. The summed E-state index contributed by atoms with van der Waals surface area (Å²) in [6.07, 6.45) is -0.996. The van der Waals surface area contributed by atoms with Crippen molar-refractivity contribution in [2.24, 2.45) is 5.73 Å². The largest absolute Gasteiger partial charge is 0.481 e. The second kappa shape index (κ2) is 10.4. The quantitative estimate of drug-likeness (QED) is 0.349. The van der Waals surface area contributed by atoms with Gasteiger partial charge in [0.25, 0.3) is 0 Å². The summed E-state index contributed by atoms with van der Waals surface area (Å²) >= 11 is 0. The molecule has 168 valence electrons. The minimum Gasteiger partial charge on any atom is -0.481 e. The first kappa shape index (κ1) is 22.8. The van der Waals surface area contributed by atoms with E-state index in [4.69, 9.17) is 21.0 Å². The molecule has 1 heterocycles. The molecule has 0 aliphatic carbocycles. The molecule has 1 saturated heterocycles. The van der Waals surface area contributed by atoms with Crippen molar-refractivity contribution >= 4 is 23.8 Å². The second-order valence-electron chi connectivity index (χ2n) is 7.60. The van der Waals surface area contributed by atoms with E-state index in [1.165, 1.54) is 0 Å². The number of carbonyl (C=O) groups is 3. The van der Waals surface area contributed by atoms with Gasteiger partial charge in [0, 0.05) is 25.1 Å². The van der Waals surface area contributed by atoms with Crippen molar-refractivity contribution in [3.63, 3.8) is 0 Å². The van der Waals surface area contributed by atoms with Crippen molar-refractivity contribution in [1.29, 1.82) is 5.41 Å². The summed E-state index contributed by atoms with van der Waals surface area (Å²) < 4.78 is 5.54. The van der Waals surface area contributed by atoms with Crippen LogP contribution in [0.2, 0.25) is 0 Å². The van der Waals surface area contributed by atoms with E-state index in [9.17, 15) is 14.4 Å². The lowest BCUT2D eigenvalue weighted by molar-refractivity contribution is -0.136. The van der Waals surface area contributed by atoms with Crippen molar-refractivity contribution in [3.05, 3.63) is 71.3 Å². The molecule has 3 rings (SSSR count). The van der Waals surface area contributed by atoms with Crippen LogP contribution in [0.15, 0.2) is 54.6 Å². The fraction of sp³-hybridized carbons (Fsp3) is 0.304. The molecule has 2 aromatic carbocycles. The lowest BCUT2D eigenvalue weighted by Crippen LogP contribution is -2.45. The Morgan fingerprint density at radius 1 is 1.16 bits per heavy atom. The highest BCUT2D eigenvalue weighted by atomic mass is 16.6. The van der Waals surface area contributed by atoms with Crippen molar-refractivity contribution < 1.29 is 24.2 Å². The van der Waals surface area contributed by atoms with Crippen LogP contribution in [-0.4, -0.2) is 46.5 Å². The fourth-order valence-electron chi connectivity index (χ4n) is 3.63. The topological polar surface area (TPSA) is 146 Å². The molecule has 2 aromatic rings. The zero-order valence-corrected chi connectivity index (χ0v) is 17.5. The number of hydrogen-bond acceptors (Lipinski definition) is 5. The van der Waals surface area contributed by atoms with Gasteiger partial charge in [0.15, 0.2) is 0 Å². The van der Waals surface area contributed by atoms with Crippen LogP contribution in [0.4, 0.5) is 4.79 Å². The average molecular weight is 438 g/mol. The van der Waals surface area contributed by atoms with E-state index < -0.39 is 18.2 Å². The number of aliphatic carboxylic acids is 1. The maximum Gasteiger partial charge on any atom is 0.410 e. The van der Waals surface area contributed by atoms with E-state index in [2.05, 4.69) is 5.32 Å². The van der Waals surface area contributed by atoms with E-state index in [0.29, 0.717) is 18.5 Å². The molecule has 1 fully saturated rings. The van der Waals surface area contributed by atoms with Gasteiger partial charge in [-0.25, -0.2) is 4.79 Å². The van der Waals surface area contributed by atoms with Crippen LogP contribution in [0.3, 0.4) is 0 Å². The Balaban J connectivity index is 1.77. The van der Waals surface area contributed by atoms with Gasteiger partial charge in [0.05, 0.1) is 18.9 Å². The van der Waals surface area contributed by atoms with Crippen LogP contribution in [0.5, 0.6) is 0 Å². The van der Waals surface area contributed by atoms with Crippen LogP contribution in [0.1, 0.15) is 42.0 Å². The highest BCUT2D eigenvalue weighted by molar-refractivity contribution is 5.94. The number of nitrogen functional groups attached to an aromatic ring is 1. The number of carbonyl (C=O) groups excluding carboxylic acids is 2. The normalized spacial score (nSPS) is 18.0. The molecule has 0 spiro atoms. The molecule has 0 unspecified atom stereocenters. The van der Waals surface area contributed by atoms with E-state index in [1.54, 1.807) is 17.0 Å². The molecule has 9 heteroatoms. The summed E-state index contributed by atoms with van der Waals surface area (Å²) in [6.45, 7) is 0.362. The molecular formula is C23H26N4O5. The number of nitrogens with one attached hydrogen (secondary N) is 2. The summed E-state index contributed by atoms with van der Waals surface area (Å²) in [5.74, 6) is -1.41. The summed E-state index contributed by atoms with van der Waals surface area (Å²) in [4.78, 5) is 37.3. The first-order chi connectivity index (χ1) is 15.3. The number of ether oxygens (including phenoxy) is 1. The highest BCUT2D eigenvalue weighted by Crippen LogP contribution is 2.34. The number of benzene rings is 2. The first-order valence-electron chi connectivity index (χ1n) is 10.3. The van der Waals surface area contributed by atoms with Crippen LogP contribution in [-0.2, 0) is 20.9 Å². The monoisotopic (exact) mass is 438 g/mol. The highest BCUT2D eigenvalue weighted by Gasteiger charge is 2.37. The number of hydrogen-bond donors (Lipinski definition) is 4. The summed E-state index contributed by atoms with van der Waals surface area (Å²) in [5.41, 5.74) is 7.92. The number of rotatable bonds is 9. The molecule has 2 atom stereocenters. The third kappa shape index (κ3) is 6.07. The van der Waals surface area contributed by atoms with Gasteiger partial charge in [-0.05, 0) is 11.1 Å². The molecule has 32 heavy (non-hydrogen) atoms. The van der Waals surface area contributed by atoms with Crippen molar-refractivity contribution in [1.82, 2.24) is 10.2 Å². The lowest BCUT2D eigenvalue weighted by Gasteiger charge is -2.39. The minimum absolute atomic E-state index is 0.0188. The first-order valence-corrected chi connectivity index (χ1v) is 10.3. The van der Waals surface area contributed by atoms with Crippen molar-refractivity contribution in [2.45, 2.75) is 38.0 Å². The molecule has 2 amide bonds. The third-order valence-corrected chi connectivity index (χ3v) is 5.24. The Kier molecular flexibility index (Phi) is 7.43. The Hall–Kier alpha value is -3.88. The number of amides is 2. The van der Waals surface area contributed by atoms with Gasteiger partial charge in [-0.2, -0.15) is 0 Å². The molecule has 0 aromatic heterocycles. The van der Waals surface area contributed by atoms with Gasteiger partial charge in [0.1, 0.15) is 11.9 Å². The lowest BCUT2D eigenvalue weighted by atomic mass is 9.94. The van der Waals surface area contributed by atoms with E-state index >= 15 is 0 Å². The second-order valence-corrected chi connectivity index (χ2v) is 7.60. The average Bonchev–Trinajstić information content (AvgIpc) is 2.76. The van der Waals surface area contributed by atoms with E-state index in [-0.39, 0.29) is 37.2 Å². The molecule has 0 saturated carbocycles. The van der Waals surface area contributed by atoms with Gasteiger partial charge in [0.2, 0.25) is 5.91 Å². The number of amidine groups is 1. The molecule has 0 bridgehead atoms. The number of nitrogens with zero attached hydrogens (tertiary/aromatic N) is 1. The van der Waals surface area contributed by atoms with Crippen molar-refractivity contribution in [2.75, 3.05) is 6.54 Å². The third-order valence-electron chi connectivity index (χ3n) is 5.24. The minimum atomic E-state index is -1.000. The standard InChI is InChI=1S/C23H26N4O5/c24-22(25)17-8-6-16(7-9-17)19-12-18(13-20(28)26-11-10-21(29)30)32-23(31)27(19)14-15-4-2-1-3-5-15/h1-9,18-19H,10-14H2,(H3,24,25)(H,26,28)(H,29,30)/t18-,19+/m0/s1. The summed E-state index contributed by atoms with van der Waals surface area (Å²) in [5, 5.41) is 18.8. The maximum absolute atomic E-state index is 12.9. The maximum atomic E-state index is 12.9. The number of carboxylic acids is 1. The van der Waals surface area contributed by atoms with Crippen LogP contribution >= 0.6 is 0 Å². The predicted molar refractivity (Wildman–Crippen MR) is 117 cm³/mol. The van der Waals surface area contributed by atoms with E-state index in [0.717, 1.165) is 11.1 Å². The SMILES string of the molecule is N=C(N)c1ccc([C@H]2C[C@@H](CC(=O)NCCC(=O)O)OC(=O)N2Cc2ccccc2)cc1. The predicted octanol–water partition coefficient (Wildman–Crippen LogP) is 2.40. The van der Waals surface area contributed by atoms with Gasteiger partial charge < -0.3 is 20.9 Å². The Morgan fingerprint density at radius 3 is 2.47 bits per heavy atom. The van der Waals surface area contributed by atoms with Gasteiger partial charge in [-0.1, -0.05) is 54.6 Å². The molecular weight excluding hydrogens is 412 g/mol. The summed E-state index contributed by atoms with van der Waals surface area (Å²) in [6, 6.07) is 16.3. The van der Waals surface area contributed by atoms with Crippen LogP contribution < -0.4 is 11.1 Å². The Labute approximate surface area is 185 Å². The summed E-state index contributed by atoms with van der Waals surface area (Å²) in [7, 11) is 0. The van der Waals surface area contributed by atoms with E-state index in [1.807, 2.05) is 42.5 Å². The Bertz CT molecular complexity index is 978. The van der Waals surface area contributed by atoms with Gasteiger partial charge >= 0.3 is 12.1 Å². The Morgan fingerprint density at radius 2 is 1.84 bits per heavy atom. The molecule has 1 aliphatic rings. The zero-order valence-electron chi connectivity index (χ0n) is 17.5. The zero-order chi connectivity index (χ0) is 23.1. The molecule has 9 nitrogen and oxygen atoms in total.